The number of anilines is 2. The van der Waals surface area contributed by atoms with Gasteiger partial charge >= 0.3 is 6.29 Å². The van der Waals surface area contributed by atoms with E-state index in [0.717, 1.165) is 39.3 Å². The van der Waals surface area contributed by atoms with Gasteiger partial charge in [-0.05, 0) is 24.6 Å². The van der Waals surface area contributed by atoms with E-state index in [1.165, 1.54) is 12.4 Å². The van der Waals surface area contributed by atoms with Gasteiger partial charge < -0.3 is 29.0 Å². The summed E-state index contributed by atoms with van der Waals surface area (Å²) in [6, 6.07) is 8.12. The van der Waals surface area contributed by atoms with Crippen LogP contribution in [0.1, 0.15) is 6.42 Å². The standard InChI is InChI=1S/C23H24F2N4O5.2ClH/c1-30-19-12-15-17(13-20(19)32-9-3-6-29-7-10-31-11-8-29)26-14-27-22(15)28-16-4-2-5-18-21(16)34-23(24,25)33-18;;/h2,4-5,12-14H,3,6-11H2,1H3,(H,26,27,28);2*1H. The van der Waals surface area contributed by atoms with Crippen LogP contribution in [-0.4, -0.2) is 67.7 Å². The fraction of sp³-hybridized carbons (Fsp3) is 0.391. The second kappa shape index (κ2) is 11.9. The first kappa shape index (κ1) is 27.7. The molecule has 0 amide bonds. The van der Waals surface area contributed by atoms with Crippen molar-refractivity contribution in [3.63, 3.8) is 0 Å². The Morgan fingerprint density at radius 3 is 2.67 bits per heavy atom. The molecule has 2 aliphatic heterocycles. The molecule has 3 heterocycles. The number of hydrogen-bond acceptors (Lipinski definition) is 9. The maximum atomic E-state index is 13.5. The summed E-state index contributed by atoms with van der Waals surface area (Å²) in [5, 5.41) is 3.67. The third-order valence-corrected chi connectivity index (χ3v) is 5.58. The lowest BCUT2D eigenvalue weighted by atomic mass is 10.2. The molecule has 2 aliphatic rings. The molecule has 1 fully saturated rings. The summed E-state index contributed by atoms with van der Waals surface area (Å²) in [6.07, 6.45) is -1.47. The number of alkyl halides is 2. The predicted octanol–water partition coefficient (Wildman–Crippen LogP) is 4.65. The first-order valence-electron chi connectivity index (χ1n) is 10.9. The number of nitrogens with zero attached hydrogens (tertiary/aromatic N) is 3. The zero-order chi connectivity index (χ0) is 23.5. The fourth-order valence-electron chi connectivity index (χ4n) is 3.93. The van der Waals surface area contributed by atoms with Gasteiger partial charge in [0.25, 0.3) is 0 Å². The molecular weight excluding hydrogens is 521 g/mol. The minimum Gasteiger partial charge on any atom is -0.493 e. The molecule has 0 bridgehead atoms. The third kappa shape index (κ3) is 6.09. The first-order valence-corrected chi connectivity index (χ1v) is 10.9. The van der Waals surface area contributed by atoms with E-state index in [-0.39, 0.29) is 42.0 Å². The molecular formula is C23H26Cl2F2N4O5. The maximum Gasteiger partial charge on any atom is 0.586 e. The van der Waals surface area contributed by atoms with Crippen molar-refractivity contribution >= 4 is 47.2 Å². The van der Waals surface area contributed by atoms with Crippen LogP contribution in [-0.2, 0) is 4.74 Å². The number of morpholine rings is 1. The summed E-state index contributed by atoms with van der Waals surface area (Å²) in [4.78, 5) is 11.0. The van der Waals surface area contributed by atoms with Crippen molar-refractivity contribution in [2.24, 2.45) is 0 Å². The Bertz CT molecular complexity index is 1180. The lowest BCUT2D eigenvalue weighted by Gasteiger charge is -2.26. The van der Waals surface area contributed by atoms with E-state index in [1.807, 2.05) is 0 Å². The number of hydrogen-bond donors (Lipinski definition) is 1. The molecule has 1 aromatic heterocycles. The molecule has 1 saturated heterocycles. The average Bonchev–Trinajstić information content (AvgIpc) is 3.17. The summed E-state index contributed by atoms with van der Waals surface area (Å²) < 4.78 is 53.2. The Morgan fingerprint density at radius 2 is 1.89 bits per heavy atom. The maximum absolute atomic E-state index is 13.5. The van der Waals surface area contributed by atoms with Crippen LogP contribution in [0.15, 0.2) is 36.7 Å². The van der Waals surface area contributed by atoms with Crippen molar-refractivity contribution in [1.29, 1.82) is 0 Å². The van der Waals surface area contributed by atoms with Crippen molar-refractivity contribution in [3.05, 3.63) is 36.7 Å². The summed E-state index contributed by atoms with van der Waals surface area (Å²) in [5.74, 6) is 1.33. The highest BCUT2D eigenvalue weighted by atomic mass is 35.5. The monoisotopic (exact) mass is 546 g/mol. The molecule has 9 nitrogen and oxygen atoms in total. The van der Waals surface area contributed by atoms with Crippen LogP contribution in [0.25, 0.3) is 10.9 Å². The summed E-state index contributed by atoms with van der Waals surface area (Å²) >= 11 is 0. The van der Waals surface area contributed by atoms with Crippen LogP contribution in [0.2, 0.25) is 0 Å². The molecule has 0 radical (unpaired) electrons. The number of benzene rings is 2. The van der Waals surface area contributed by atoms with Crippen molar-refractivity contribution in [1.82, 2.24) is 14.9 Å². The molecule has 2 aromatic carbocycles. The van der Waals surface area contributed by atoms with Crippen molar-refractivity contribution in [3.8, 4) is 23.0 Å². The van der Waals surface area contributed by atoms with E-state index in [2.05, 4.69) is 29.7 Å². The second-order valence-corrected chi connectivity index (χ2v) is 7.82. The van der Waals surface area contributed by atoms with Gasteiger partial charge in [0.1, 0.15) is 12.1 Å². The number of rotatable bonds is 8. The topological polar surface area (TPSA) is 87.2 Å². The van der Waals surface area contributed by atoms with Gasteiger partial charge in [-0.1, -0.05) is 6.07 Å². The summed E-state index contributed by atoms with van der Waals surface area (Å²) in [5.41, 5.74) is 0.897. The number of ether oxygens (including phenoxy) is 5. The molecule has 0 saturated carbocycles. The Balaban J connectivity index is 0.00000180. The molecule has 3 aromatic rings. The van der Waals surface area contributed by atoms with E-state index >= 15 is 0 Å². The van der Waals surface area contributed by atoms with E-state index in [4.69, 9.17) is 14.2 Å². The van der Waals surface area contributed by atoms with Crippen molar-refractivity contribution in [2.45, 2.75) is 12.7 Å². The summed E-state index contributed by atoms with van der Waals surface area (Å²) in [6.45, 7) is 4.86. The van der Waals surface area contributed by atoms with Crippen molar-refractivity contribution in [2.75, 3.05) is 51.9 Å². The Morgan fingerprint density at radius 1 is 1.08 bits per heavy atom. The molecule has 36 heavy (non-hydrogen) atoms. The molecule has 0 atom stereocenters. The van der Waals surface area contributed by atoms with Crippen molar-refractivity contribution < 1.29 is 32.5 Å². The van der Waals surface area contributed by atoms with Gasteiger partial charge in [0, 0.05) is 31.1 Å². The Labute approximate surface area is 218 Å². The Hall–Kier alpha value is -2.86. The smallest absolute Gasteiger partial charge is 0.493 e. The van der Waals surface area contributed by atoms with E-state index in [0.29, 0.717) is 34.8 Å². The van der Waals surface area contributed by atoms with Gasteiger partial charge in [0.15, 0.2) is 23.0 Å². The van der Waals surface area contributed by atoms with Crippen LogP contribution in [0, 0.1) is 0 Å². The van der Waals surface area contributed by atoms with Gasteiger partial charge in [-0.2, -0.15) is 0 Å². The molecule has 5 rings (SSSR count). The molecule has 0 spiro atoms. The van der Waals surface area contributed by atoms with Gasteiger partial charge in [0.05, 0.1) is 38.1 Å². The number of aromatic nitrogens is 2. The quantitative estimate of drug-likeness (QED) is 0.405. The Kier molecular flexibility index (Phi) is 9.18. The lowest BCUT2D eigenvalue weighted by molar-refractivity contribution is -0.286. The van der Waals surface area contributed by atoms with Gasteiger partial charge in [-0.25, -0.2) is 9.97 Å². The number of methoxy groups -OCH3 is 1. The number of fused-ring (bicyclic) bond motifs is 2. The summed E-state index contributed by atoms with van der Waals surface area (Å²) in [7, 11) is 1.55. The first-order chi connectivity index (χ1) is 16.5. The minimum absolute atomic E-state index is 0. The zero-order valence-electron chi connectivity index (χ0n) is 19.4. The highest BCUT2D eigenvalue weighted by Crippen LogP contribution is 2.47. The second-order valence-electron chi connectivity index (χ2n) is 7.82. The largest absolute Gasteiger partial charge is 0.586 e. The molecule has 0 unspecified atom stereocenters. The molecule has 1 N–H and O–H groups in total. The van der Waals surface area contributed by atoms with E-state index < -0.39 is 6.29 Å². The van der Waals surface area contributed by atoms with Gasteiger partial charge in [-0.3, -0.25) is 4.90 Å². The lowest BCUT2D eigenvalue weighted by Crippen LogP contribution is -2.37. The average molecular weight is 547 g/mol. The molecule has 196 valence electrons. The molecule has 0 aliphatic carbocycles. The van der Waals surface area contributed by atoms with Crippen LogP contribution in [0.4, 0.5) is 20.3 Å². The van der Waals surface area contributed by atoms with Crippen LogP contribution >= 0.6 is 24.8 Å². The predicted molar refractivity (Wildman–Crippen MR) is 134 cm³/mol. The highest BCUT2D eigenvalue weighted by Gasteiger charge is 2.44. The SMILES string of the molecule is COc1cc2c(Nc3cccc4c3OC(F)(F)O4)ncnc2cc1OCCCN1CCOCC1.Cl.Cl. The van der Waals surface area contributed by atoms with Gasteiger partial charge in [-0.15, -0.1) is 33.6 Å². The van der Waals surface area contributed by atoms with E-state index in [9.17, 15) is 8.78 Å². The van der Waals surface area contributed by atoms with Crippen LogP contribution in [0.3, 0.4) is 0 Å². The third-order valence-electron chi connectivity index (χ3n) is 5.58. The number of halogens is 4. The molecule has 13 heteroatoms. The normalized spacial score (nSPS) is 16.1. The zero-order valence-corrected chi connectivity index (χ0v) is 21.0. The highest BCUT2D eigenvalue weighted by molar-refractivity contribution is 5.93. The number of nitrogens with one attached hydrogen (secondary N) is 1. The van der Waals surface area contributed by atoms with Crippen LogP contribution in [0.5, 0.6) is 23.0 Å². The minimum atomic E-state index is -3.72. The van der Waals surface area contributed by atoms with Gasteiger partial charge in [0.2, 0.25) is 0 Å². The fourth-order valence-corrected chi connectivity index (χ4v) is 3.93. The number of para-hydroxylation sites is 1. The van der Waals surface area contributed by atoms with E-state index in [1.54, 1.807) is 31.4 Å². The van der Waals surface area contributed by atoms with Crippen LogP contribution < -0.4 is 24.3 Å².